The summed E-state index contributed by atoms with van der Waals surface area (Å²) in [6, 6.07) is 9.78. The maximum absolute atomic E-state index is 12.9. The number of hydrogen-bond acceptors (Lipinski definition) is 5. The van der Waals surface area contributed by atoms with E-state index >= 15 is 0 Å². The molecule has 1 aliphatic rings. The average Bonchev–Trinajstić information content (AvgIpc) is 3.14. The minimum atomic E-state index is -0.519. The molecule has 0 aliphatic carbocycles. The van der Waals surface area contributed by atoms with Crippen LogP contribution >= 0.6 is 0 Å². The van der Waals surface area contributed by atoms with E-state index in [1.54, 1.807) is 14.2 Å². The summed E-state index contributed by atoms with van der Waals surface area (Å²) in [4.78, 5) is 29.4. The van der Waals surface area contributed by atoms with Gasteiger partial charge in [0, 0.05) is 22.9 Å². The molecule has 2 heterocycles. The van der Waals surface area contributed by atoms with Crippen molar-refractivity contribution in [3.05, 3.63) is 52.7 Å². The van der Waals surface area contributed by atoms with Gasteiger partial charge in [-0.2, -0.15) is 0 Å². The highest BCUT2D eigenvalue weighted by molar-refractivity contribution is 6.11. The van der Waals surface area contributed by atoms with E-state index in [-0.39, 0.29) is 18.1 Å². The van der Waals surface area contributed by atoms with E-state index in [2.05, 4.69) is 10.3 Å². The Morgan fingerprint density at radius 3 is 2.47 bits per heavy atom. The number of carbonyl (C=O) groups is 2. The van der Waals surface area contributed by atoms with Crippen molar-refractivity contribution in [2.45, 2.75) is 19.9 Å². The molecule has 0 fully saturated rings. The number of methoxy groups -OCH3 is 3. The van der Waals surface area contributed by atoms with Crippen molar-refractivity contribution in [2.24, 2.45) is 0 Å². The lowest BCUT2D eigenvalue weighted by molar-refractivity contribution is -0.907. The Morgan fingerprint density at radius 1 is 1.06 bits per heavy atom. The molecule has 0 bridgehead atoms. The first-order valence-electron chi connectivity index (χ1n) is 10.5. The van der Waals surface area contributed by atoms with Gasteiger partial charge in [-0.3, -0.25) is 4.79 Å². The first-order valence-corrected chi connectivity index (χ1v) is 10.5. The fourth-order valence-corrected chi connectivity index (χ4v) is 4.29. The number of quaternary nitrogens is 1. The van der Waals surface area contributed by atoms with E-state index in [1.165, 1.54) is 12.7 Å². The van der Waals surface area contributed by atoms with Gasteiger partial charge in [0.25, 0.3) is 5.91 Å². The number of hydrogen-bond donors (Lipinski definition) is 3. The van der Waals surface area contributed by atoms with Crippen molar-refractivity contribution in [1.29, 1.82) is 0 Å². The van der Waals surface area contributed by atoms with Gasteiger partial charge in [0.05, 0.1) is 33.6 Å². The van der Waals surface area contributed by atoms with E-state index in [1.807, 2.05) is 37.3 Å². The summed E-state index contributed by atoms with van der Waals surface area (Å²) in [7, 11) is 4.57. The predicted octanol–water partition coefficient (Wildman–Crippen LogP) is 1.86. The van der Waals surface area contributed by atoms with E-state index < -0.39 is 5.97 Å². The van der Waals surface area contributed by atoms with Gasteiger partial charge in [-0.25, -0.2) is 4.79 Å². The molecule has 1 aliphatic heterocycles. The van der Waals surface area contributed by atoms with Gasteiger partial charge in [-0.05, 0) is 36.2 Å². The number of carbonyl (C=O) groups excluding carboxylic acids is 2. The van der Waals surface area contributed by atoms with Crippen molar-refractivity contribution in [2.75, 3.05) is 39.7 Å². The van der Waals surface area contributed by atoms with E-state index in [0.717, 1.165) is 45.6 Å². The number of nitrogens with one attached hydrogen (secondary N) is 3. The number of anilines is 1. The molecule has 1 unspecified atom stereocenters. The van der Waals surface area contributed by atoms with Crippen molar-refractivity contribution in [3.63, 3.8) is 0 Å². The van der Waals surface area contributed by atoms with Crippen LogP contribution in [0.2, 0.25) is 0 Å². The molecule has 0 spiro atoms. The van der Waals surface area contributed by atoms with Crippen LogP contribution in [0.5, 0.6) is 11.5 Å². The van der Waals surface area contributed by atoms with Crippen LogP contribution in [0, 0.1) is 6.92 Å². The Balaban J connectivity index is 1.52. The van der Waals surface area contributed by atoms with Crippen LogP contribution in [0.1, 0.15) is 27.2 Å². The number of aromatic nitrogens is 1. The molecule has 0 saturated carbocycles. The van der Waals surface area contributed by atoms with E-state index in [0.29, 0.717) is 18.0 Å². The van der Waals surface area contributed by atoms with Crippen molar-refractivity contribution < 1.29 is 28.7 Å². The largest absolute Gasteiger partial charge is 0.493 e. The van der Waals surface area contributed by atoms with Crippen LogP contribution in [-0.4, -0.2) is 51.3 Å². The Kier molecular flexibility index (Phi) is 6.05. The van der Waals surface area contributed by atoms with Crippen LogP contribution < -0.4 is 19.7 Å². The topological polar surface area (TPSA) is 94.1 Å². The molecule has 3 aromatic rings. The highest BCUT2D eigenvalue weighted by Crippen LogP contribution is 2.31. The number of H-pyrrole nitrogens is 1. The predicted molar refractivity (Wildman–Crippen MR) is 121 cm³/mol. The molecule has 2 aromatic carbocycles. The van der Waals surface area contributed by atoms with Crippen LogP contribution in [0.3, 0.4) is 0 Å². The fraction of sp³-hybridized carbons (Fsp3) is 0.333. The number of aryl methyl sites for hydroxylation is 1. The Hall–Kier alpha value is -3.52. The first-order chi connectivity index (χ1) is 15.4. The molecule has 1 aromatic heterocycles. The molecule has 3 N–H and O–H groups in total. The quantitative estimate of drug-likeness (QED) is 0.511. The second kappa shape index (κ2) is 8.92. The highest BCUT2D eigenvalue weighted by atomic mass is 16.5. The molecule has 168 valence electrons. The zero-order chi connectivity index (χ0) is 22.8. The van der Waals surface area contributed by atoms with Gasteiger partial charge in [0.15, 0.2) is 18.0 Å². The summed E-state index contributed by atoms with van der Waals surface area (Å²) in [5.74, 6) is 0.733. The third kappa shape index (κ3) is 4.13. The number of esters is 1. The van der Waals surface area contributed by atoms with E-state index in [4.69, 9.17) is 14.2 Å². The van der Waals surface area contributed by atoms with Crippen molar-refractivity contribution in [1.82, 2.24) is 4.98 Å². The molecule has 1 amide bonds. The third-order valence-electron chi connectivity index (χ3n) is 5.91. The number of aromatic amines is 1. The first kappa shape index (κ1) is 21.7. The van der Waals surface area contributed by atoms with Gasteiger partial charge in [0.1, 0.15) is 12.2 Å². The van der Waals surface area contributed by atoms with Crippen LogP contribution in [0.15, 0.2) is 30.3 Å². The molecule has 1 atom stereocenters. The monoisotopic (exact) mass is 438 g/mol. The van der Waals surface area contributed by atoms with Gasteiger partial charge < -0.3 is 29.4 Å². The third-order valence-corrected chi connectivity index (χ3v) is 5.91. The summed E-state index contributed by atoms with van der Waals surface area (Å²) >= 11 is 0. The van der Waals surface area contributed by atoms with Gasteiger partial charge >= 0.3 is 5.97 Å². The molecular formula is C24H28N3O5+. The van der Waals surface area contributed by atoms with Crippen LogP contribution in [0.25, 0.3) is 10.9 Å². The summed E-state index contributed by atoms with van der Waals surface area (Å²) in [5.41, 5.74) is 4.90. The Bertz CT molecular complexity index is 1180. The Morgan fingerprint density at radius 2 is 1.78 bits per heavy atom. The molecule has 0 saturated heterocycles. The summed E-state index contributed by atoms with van der Waals surface area (Å²) in [5, 5.41) is 3.72. The second-order valence-electron chi connectivity index (χ2n) is 8.04. The van der Waals surface area contributed by atoms with Crippen molar-refractivity contribution >= 4 is 28.5 Å². The van der Waals surface area contributed by atoms with E-state index in [9.17, 15) is 9.59 Å². The molecule has 0 radical (unpaired) electrons. The van der Waals surface area contributed by atoms with Gasteiger partial charge in [-0.15, -0.1) is 0 Å². The molecule has 8 heteroatoms. The summed E-state index contributed by atoms with van der Waals surface area (Å²) < 4.78 is 15.7. The summed E-state index contributed by atoms with van der Waals surface area (Å²) in [6.07, 6.45) is 0.845. The number of fused-ring (bicyclic) bond motifs is 2. The van der Waals surface area contributed by atoms with Gasteiger partial charge in [0.2, 0.25) is 0 Å². The maximum Gasteiger partial charge on any atom is 0.356 e. The smallest absolute Gasteiger partial charge is 0.356 e. The highest BCUT2D eigenvalue weighted by Gasteiger charge is 2.26. The molecule has 32 heavy (non-hydrogen) atoms. The average molecular weight is 439 g/mol. The van der Waals surface area contributed by atoms with Gasteiger partial charge in [-0.1, -0.05) is 12.1 Å². The van der Waals surface area contributed by atoms with Crippen LogP contribution in [0.4, 0.5) is 5.69 Å². The SMILES string of the molecule is COC(=O)c1[nH]c2cc(C)ccc2c1NC(=O)C[NH+]1CCc2cc(OC)c(OC)cc2C1. The lowest BCUT2D eigenvalue weighted by Gasteiger charge is -2.26. The standard InChI is InChI=1S/C24H27N3O5/c1-14-5-6-17-18(9-14)25-23(24(29)32-4)22(17)26-21(28)13-27-8-7-15-10-19(30-2)20(31-3)11-16(15)12-27/h5-6,9-11,25H,7-8,12-13H2,1-4H3,(H,26,28)/p+1. The van der Waals surface area contributed by atoms with Crippen molar-refractivity contribution in [3.8, 4) is 11.5 Å². The lowest BCUT2D eigenvalue weighted by atomic mass is 9.99. The fourth-order valence-electron chi connectivity index (χ4n) is 4.29. The Labute approximate surface area is 186 Å². The number of benzene rings is 2. The lowest BCUT2D eigenvalue weighted by Crippen LogP contribution is -3.12. The van der Waals surface area contributed by atoms with Crippen LogP contribution in [-0.2, 0) is 22.5 Å². The zero-order valence-electron chi connectivity index (χ0n) is 18.8. The number of ether oxygens (including phenoxy) is 3. The molecular weight excluding hydrogens is 410 g/mol. The number of rotatable bonds is 6. The zero-order valence-corrected chi connectivity index (χ0v) is 18.8. The molecule has 4 rings (SSSR count). The normalized spacial score (nSPS) is 15.2. The molecule has 8 nitrogen and oxygen atoms in total. The summed E-state index contributed by atoms with van der Waals surface area (Å²) in [6.45, 7) is 3.79. The minimum Gasteiger partial charge on any atom is -0.493 e. The minimum absolute atomic E-state index is 0.157. The maximum atomic E-state index is 12.9. The second-order valence-corrected chi connectivity index (χ2v) is 8.04. The number of amides is 1.